The van der Waals surface area contributed by atoms with Gasteiger partial charge < -0.3 is 15.7 Å². The van der Waals surface area contributed by atoms with E-state index in [4.69, 9.17) is 0 Å². The maximum absolute atomic E-state index is 12.7. The van der Waals surface area contributed by atoms with E-state index in [0.717, 1.165) is 4.90 Å². The predicted molar refractivity (Wildman–Crippen MR) is 89.1 cm³/mol. The Morgan fingerprint density at radius 3 is 2.38 bits per heavy atom. The maximum Gasteiger partial charge on any atom is 0.352 e. The normalized spacial score (nSPS) is 10.7. The summed E-state index contributed by atoms with van der Waals surface area (Å²) in [5, 5.41) is 27.7. The highest BCUT2D eigenvalue weighted by molar-refractivity contribution is 7.98. The number of hydrogen-bond donors (Lipinski definition) is 1. The number of nitrogens with zero attached hydrogens (tertiary/aromatic N) is 3. The van der Waals surface area contributed by atoms with E-state index in [1.807, 2.05) is 0 Å². The minimum atomic E-state index is -0.592. The third-order valence-corrected chi connectivity index (χ3v) is 4.53. The van der Waals surface area contributed by atoms with Crippen LogP contribution in [0.3, 0.4) is 0 Å². The van der Waals surface area contributed by atoms with Gasteiger partial charge >= 0.3 is 11.6 Å². The van der Waals surface area contributed by atoms with Gasteiger partial charge in [-0.15, -0.1) is 16.5 Å². The maximum atomic E-state index is 12.7. The molecule has 7 nitrogen and oxygen atoms in total. The Bertz CT molecular complexity index is 903. The molecule has 3 aromatic rings. The highest BCUT2D eigenvalue weighted by Crippen LogP contribution is 2.22. The van der Waals surface area contributed by atoms with Crippen LogP contribution < -0.4 is 14.8 Å². The minimum absolute atomic E-state index is 0.116. The van der Waals surface area contributed by atoms with Crippen LogP contribution in [0.25, 0.3) is 11.0 Å². The number of aromatic nitrogens is 3. The molecule has 0 aliphatic rings. The van der Waals surface area contributed by atoms with Crippen LogP contribution in [0.1, 0.15) is 16.2 Å². The number of thioether (sulfide) groups is 1. The quantitative estimate of drug-likeness (QED) is 0.436. The van der Waals surface area contributed by atoms with Gasteiger partial charge in [-0.25, -0.2) is 0 Å². The van der Waals surface area contributed by atoms with Gasteiger partial charge in [-0.05, 0) is 12.1 Å². The molecule has 8 heteroatoms. The fourth-order valence-electron chi connectivity index (χ4n) is 2.34. The van der Waals surface area contributed by atoms with Crippen molar-refractivity contribution in [3.63, 3.8) is 0 Å². The van der Waals surface area contributed by atoms with Crippen molar-refractivity contribution in [1.82, 2.24) is 10.3 Å². The lowest BCUT2D eigenvalue weighted by atomic mass is 10.2. The zero-order valence-corrected chi connectivity index (χ0v) is 13.6. The monoisotopic (exact) mass is 342 g/mol. The van der Waals surface area contributed by atoms with Gasteiger partial charge in [0.25, 0.3) is 16.7 Å². The lowest BCUT2D eigenvalue weighted by Crippen LogP contribution is -2.49. The average molecular weight is 342 g/mol. The summed E-state index contributed by atoms with van der Waals surface area (Å²) in [6.07, 6.45) is 3.28. The van der Waals surface area contributed by atoms with Crippen molar-refractivity contribution in [2.24, 2.45) is 0 Å². The van der Waals surface area contributed by atoms with Gasteiger partial charge in [0, 0.05) is 36.5 Å². The number of nitrogens with one attached hydrogen (secondary N) is 1. The first kappa shape index (κ1) is 16.0. The van der Waals surface area contributed by atoms with E-state index in [0.29, 0.717) is 9.46 Å². The molecule has 1 aromatic carbocycles. The van der Waals surface area contributed by atoms with Crippen LogP contribution >= 0.6 is 11.8 Å². The highest BCUT2D eigenvalue weighted by atomic mass is 32.2. The van der Waals surface area contributed by atoms with Crippen LogP contribution in [0.2, 0.25) is 0 Å². The van der Waals surface area contributed by atoms with E-state index < -0.39 is 5.91 Å². The van der Waals surface area contributed by atoms with Crippen LogP contribution in [0.4, 0.5) is 0 Å². The number of hydrogen-bond acceptors (Lipinski definition) is 5. The molecular weight excluding hydrogens is 328 g/mol. The van der Waals surface area contributed by atoms with Crippen LogP contribution in [-0.2, 0) is 5.75 Å². The topological polar surface area (TPSA) is 95.9 Å². The summed E-state index contributed by atoms with van der Waals surface area (Å²) >= 11 is 1.35. The molecule has 0 fully saturated rings. The molecule has 122 valence electrons. The zero-order valence-electron chi connectivity index (χ0n) is 12.8. The number of fused-ring (bicyclic) bond motifs is 1. The number of amides is 1. The molecule has 2 aromatic heterocycles. The first-order valence-electron chi connectivity index (χ1n) is 7.15. The number of pyridine rings is 1. The summed E-state index contributed by atoms with van der Waals surface area (Å²) in [5.74, 6) is -0.408. The Labute approximate surface area is 142 Å². The van der Waals surface area contributed by atoms with Crippen molar-refractivity contribution in [3.05, 3.63) is 70.6 Å². The second-order valence-electron chi connectivity index (χ2n) is 4.92. The Balaban J connectivity index is 2.13. The Morgan fingerprint density at radius 2 is 1.75 bits per heavy atom. The number of para-hydroxylation sites is 2. The molecule has 0 aliphatic heterocycles. The number of benzene rings is 1. The van der Waals surface area contributed by atoms with E-state index in [-0.39, 0.29) is 28.2 Å². The molecule has 0 unspecified atom stereocenters. The zero-order chi connectivity index (χ0) is 17.1. The molecule has 0 bridgehead atoms. The predicted octanol–water partition coefficient (Wildman–Crippen LogP) is 1.15. The van der Waals surface area contributed by atoms with Crippen molar-refractivity contribution in [2.75, 3.05) is 7.05 Å². The largest absolute Gasteiger partial charge is 0.618 e. The third kappa shape index (κ3) is 2.83. The van der Waals surface area contributed by atoms with E-state index in [1.165, 1.54) is 24.9 Å². The van der Waals surface area contributed by atoms with Gasteiger partial charge in [0.05, 0.1) is 5.75 Å². The first-order chi connectivity index (χ1) is 11.6. The molecule has 0 spiro atoms. The molecule has 1 N–H and O–H groups in total. The molecule has 0 saturated carbocycles. The Hall–Kier alpha value is -2.87. The lowest BCUT2D eigenvalue weighted by molar-refractivity contribution is -0.635. The third-order valence-electron chi connectivity index (χ3n) is 3.51. The van der Waals surface area contributed by atoms with Crippen LogP contribution in [0.5, 0.6) is 0 Å². The number of rotatable bonds is 4. The molecule has 0 aliphatic carbocycles. The second-order valence-corrected chi connectivity index (χ2v) is 5.97. The van der Waals surface area contributed by atoms with Crippen molar-refractivity contribution in [2.45, 2.75) is 10.6 Å². The van der Waals surface area contributed by atoms with Gasteiger partial charge in [-0.2, -0.15) is 4.73 Å². The summed E-state index contributed by atoms with van der Waals surface area (Å²) in [6, 6.07) is 10.00. The molecule has 24 heavy (non-hydrogen) atoms. The van der Waals surface area contributed by atoms with E-state index >= 15 is 0 Å². The van der Waals surface area contributed by atoms with Gasteiger partial charge in [0.1, 0.15) is 0 Å². The van der Waals surface area contributed by atoms with Crippen molar-refractivity contribution < 1.29 is 14.3 Å². The van der Waals surface area contributed by atoms with Gasteiger partial charge in [0.15, 0.2) is 0 Å². The molecule has 0 radical (unpaired) electrons. The molecule has 3 rings (SSSR count). The SMILES string of the molecule is CNC(=O)c1c(CSc2ccncc2)[n+]([O-])c2ccccc2[n+]1[O-]. The molecule has 0 atom stereocenters. The van der Waals surface area contributed by atoms with Gasteiger partial charge in [-0.3, -0.25) is 9.78 Å². The molecule has 1 amide bonds. The van der Waals surface area contributed by atoms with Crippen molar-refractivity contribution in [1.29, 1.82) is 0 Å². The highest BCUT2D eigenvalue weighted by Gasteiger charge is 2.32. The lowest BCUT2D eigenvalue weighted by Gasteiger charge is -2.12. The molecule has 2 heterocycles. The Kier molecular flexibility index (Phi) is 4.48. The summed E-state index contributed by atoms with van der Waals surface area (Å²) < 4.78 is 1.17. The molecular formula is C16H14N4O3S. The number of carbonyl (C=O) groups is 1. The van der Waals surface area contributed by atoms with E-state index in [2.05, 4.69) is 10.3 Å². The summed E-state index contributed by atoms with van der Waals surface area (Å²) in [5.41, 5.74) is 0.312. The first-order valence-corrected chi connectivity index (χ1v) is 8.13. The standard InChI is InChI=1S/C16H14N4O3S/c1-17-16(21)15-14(10-24-11-6-8-18-9-7-11)19(22)12-4-2-3-5-13(12)20(15)23/h2-9H,10H2,1H3,(H,17,21). The number of carbonyl (C=O) groups excluding carboxylic acids is 1. The van der Waals surface area contributed by atoms with E-state index in [1.54, 1.807) is 42.7 Å². The minimum Gasteiger partial charge on any atom is -0.618 e. The summed E-state index contributed by atoms with van der Waals surface area (Å²) in [4.78, 5) is 17.0. The smallest absolute Gasteiger partial charge is 0.352 e. The Morgan fingerprint density at radius 1 is 1.12 bits per heavy atom. The van der Waals surface area contributed by atoms with Crippen LogP contribution in [-0.4, -0.2) is 17.9 Å². The summed E-state index contributed by atoms with van der Waals surface area (Å²) in [7, 11) is 1.42. The van der Waals surface area contributed by atoms with Crippen molar-refractivity contribution >= 4 is 28.7 Å². The summed E-state index contributed by atoms with van der Waals surface area (Å²) in [6.45, 7) is 0. The second kappa shape index (κ2) is 6.71. The van der Waals surface area contributed by atoms with Gasteiger partial charge in [-0.1, -0.05) is 12.1 Å². The average Bonchev–Trinajstić information content (AvgIpc) is 2.63. The molecule has 0 saturated heterocycles. The van der Waals surface area contributed by atoms with Crippen LogP contribution in [0.15, 0.2) is 53.7 Å². The van der Waals surface area contributed by atoms with E-state index in [9.17, 15) is 15.2 Å². The fraction of sp³-hybridized carbons (Fsp3) is 0.125. The van der Waals surface area contributed by atoms with Crippen molar-refractivity contribution in [3.8, 4) is 0 Å². The van der Waals surface area contributed by atoms with Crippen LogP contribution in [0, 0.1) is 10.4 Å². The van der Waals surface area contributed by atoms with Gasteiger partial charge in [0.2, 0.25) is 0 Å². The fourth-order valence-corrected chi connectivity index (χ4v) is 3.21.